The molecule has 1 aromatic rings. The summed E-state index contributed by atoms with van der Waals surface area (Å²) in [7, 11) is 0. The minimum Gasteiger partial charge on any atom is -0.350 e. The fourth-order valence-corrected chi connectivity index (χ4v) is 1.72. The molecule has 0 aliphatic carbocycles. The van der Waals surface area contributed by atoms with E-state index in [0.717, 1.165) is 12.8 Å². The third kappa shape index (κ3) is 5.07. The van der Waals surface area contributed by atoms with Gasteiger partial charge in [-0.25, -0.2) is 0 Å². The lowest BCUT2D eigenvalue weighted by Crippen LogP contribution is -2.32. The topological polar surface area (TPSA) is 72.2 Å². The van der Waals surface area contributed by atoms with Crippen LogP contribution in [0.3, 0.4) is 0 Å². The van der Waals surface area contributed by atoms with Gasteiger partial charge in [0.15, 0.2) is 0 Å². The van der Waals surface area contributed by atoms with Crippen LogP contribution in [0.4, 0.5) is 5.69 Å². The van der Waals surface area contributed by atoms with E-state index in [0.29, 0.717) is 11.5 Å². The maximum Gasteiger partial charge on any atom is 0.270 e. The van der Waals surface area contributed by atoms with Crippen LogP contribution in [0.15, 0.2) is 24.3 Å². The molecule has 0 unspecified atom stereocenters. The van der Waals surface area contributed by atoms with Crippen molar-refractivity contribution in [3.05, 3.63) is 39.9 Å². The van der Waals surface area contributed by atoms with Gasteiger partial charge in [0.1, 0.15) is 0 Å². The molecule has 104 valence electrons. The average molecular weight is 264 g/mol. The van der Waals surface area contributed by atoms with Crippen molar-refractivity contribution < 1.29 is 9.72 Å². The summed E-state index contributed by atoms with van der Waals surface area (Å²) in [5.74, 6) is 0.331. The van der Waals surface area contributed by atoms with Crippen LogP contribution in [-0.2, 0) is 0 Å². The van der Waals surface area contributed by atoms with Crippen LogP contribution in [0.25, 0.3) is 0 Å². The first-order chi connectivity index (χ1) is 8.90. The maximum atomic E-state index is 11.9. The van der Waals surface area contributed by atoms with E-state index in [2.05, 4.69) is 19.2 Å². The predicted octanol–water partition coefficient (Wildman–Crippen LogP) is 3.15. The first-order valence-corrected chi connectivity index (χ1v) is 6.45. The lowest BCUT2D eigenvalue weighted by atomic mass is 10.0. The summed E-state index contributed by atoms with van der Waals surface area (Å²) in [4.78, 5) is 22.1. The largest absolute Gasteiger partial charge is 0.350 e. The van der Waals surface area contributed by atoms with E-state index >= 15 is 0 Å². The summed E-state index contributed by atoms with van der Waals surface area (Å²) in [5.41, 5.74) is 0.257. The molecule has 1 amide bonds. The highest BCUT2D eigenvalue weighted by molar-refractivity contribution is 5.94. The molecule has 1 N–H and O–H groups in total. The second kappa shape index (κ2) is 6.87. The van der Waals surface area contributed by atoms with Gasteiger partial charge < -0.3 is 5.32 Å². The highest BCUT2D eigenvalue weighted by atomic mass is 16.6. The quantitative estimate of drug-likeness (QED) is 0.633. The minimum absolute atomic E-state index is 0.0640. The van der Waals surface area contributed by atoms with E-state index in [4.69, 9.17) is 0 Å². The van der Waals surface area contributed by atoms with Crippen molar-refractivity contribution in [3.63, 3.8) is 0 Å². The van der Waals surface area contributed by atoms with Crippen LogP contribution in [-0.4, -0.2) is 16.9 Å². The van der Waals surface area contributed by atoms with Crippen molar-refractivity contribution in [2.24, 2.45) is 5.92 Å². The number of carbonyl (C=O) groups excluding carboxylic acids is 1. The fraction of sp³-hybridized carbons (Fsp3) is 0.500. The van der Waals surface area contributed by atoms with E-state index in [9.17, 15) is 14.9 Å². The Kier molecular flexibility index (Phi) is 5.48. The first kappa shape index (κ1) is 15.1. The maximum absolute atomic E-state index is 11.9. The van der Waals surface area contributed by atoms with Crippen LogP contribution in [0.2, 0.25) is 0 Å². The number of hydrogen-bond acceptors (Lipinski definition) is 3. The zero-order chi connectivity index (χ0) is 14.4. The molecule has 5 nitrogen and oxygen atoms in total. The van der Waals surface area contributed by atoms with E-state index in [1.807, 2.05) is 6.92 Å². The van der Waals surface area contributed by atoms with Crippen LogP contribution < -0.4 is 5.32 Å². The molecule has 1 aromatic carbocycles. The van der Waals surface area contributed by atoms with E-state index < -0.39 is 4.92 Å². The van der Waals surface area contributed by atoms with Gasteiger partial charge in [-0.3, -0.25) is 14.9 Å². The van der Waals surface area contributed by atoms with E-state index in [1.165, 1.54) is 18.2 Å². The number of benzene rings is 1. The van der Waals surface area contributed by atoms with Crippen molar-refractivity contribution in [2.75, 3.05) is 0 Å². The lowest BCUT2D eigenvalue weighted by molar-refractivity contribution is -0.384. The SMILES string of the molecule is CC(C)CC[C@@H](C)NC(=O)c1cccc([N+](=O)[O-])c1. The van der Waals surface area contributed by atoms with Crippen LogP contribution in [0.1, 0.15) is 44.0 Å². The molecular weight excluding hydrogens is 244 g/mol. The number of nitro groups is 1. The molecule has 0 spiro atoms. The molecule has 0 radical (unpaired) electrons. The third-order valence-corrected chi connectivity index (χ3v) is 2.87. The molecule has 0 bridgehead atoms. The number of rotatable bonds is 6. The number of nitro benzene ring substituents is 1. The van der Waals surface area contributed by atoms with Crippen molar-refractivity contribution in [2.45, 2.75) is 39.7 Å². The molecule has 1 atom stereocenters. The molecule has 0 aromatic heterocycles. The molecule has 5 heteroatoms. The molecule has 0 aliphatic heterocycles. The van der Waals surface area contributed by atoms with Gasteiger partial charge in [-0.1, -0.05) is 19.9 Å². The molecule has 0 saturated heterocycles. The number of amides is 1. The summed E-state index contributed by atoms with van der Waals surface area (Å²) in [6, 6.07) is 5.83. The fourth-order valence-electron chi connectivity index (χ4n) is 1.72. The second-order valence-electron chi connectivity index (χ2n) is 5.15. The Morgan fingerprint density at radius 3 is 2.58 bits per heavy atom. The van der Waals surface area contributed by atoms with Gasteiger partial charge in [0, 0.05) is 23.7 Å². The summed E-state index contributed by atoms with van der Waals surface area (Å²) in [5, 5.41) is 13.5. The number of nitrogens with one attached hydrogen (secondary N) is 1. The van der Waals surface area contributed by atoms with Crippen molar-refractivity contribution in [1.29, 1.82) is 0 Å². The van der Waals surface area contributed by atoms with Crippen LogP contribution in [0.5, 0.6) is 0 Å². The van der Waals surface area contributed by atoms with Crippen LogP contribution in [0, 0.1) is 16.0 Å². The van der Waals surface area contributed by atoms with Gasteiger partial charge >= 0.3 is 0 Å². The third-order valence-electron chi connectivity index (χ3n) is 2.87. The Labute approximate surface area is 113 Å². The molecular formula is C14H20N2O3. The number of nitrogens with zero attached hydrogens (tertiary/aromatic N) is 1. The summed E-state index contributed by atoms with van der Waals surface area (Å²) in [6.45, 7) is 6.21. The standard InChI is InChI=1S/C14H20N2O3/c1-10(2)7-8-11(3)15-14(17)12-5-4-6-13(9-12)16(18)19/h4-6,9-11H,7-8H2,1-3H3,(H,15,17)/t11-/m1/s1. The molecule has 0 saturated carbocycles. The monoisotopic (exact) mass is 264 g/mol. The number of carbonyl (C=O) groups is 1. The van der Waals surface area contributed by atoms with Gasteiger partial charge in [0.05, 0.1) is 4.92 Å². The highest BCUT2D eigenvalue weighted by Crippen LogP contribution is 2.13. The zero-order valence-corrected chi connectivity index (χ0v) is 11.6. The van der Waals surface area contributed by atoms with Crippen molar-refractivity contribution in [1.82, 2.24) is 5.32 Å². The molecule has 19 heavy (non-hydrogen) atoms. The van der Waals surface area contributed by atoms with Gasteiger partial charge in [0.25, 0.3) is 11.6 Å². The van der Waals surface area contributed by atoms with Crippen molar-refractivity contribution in [3.8, 4) is 0 Å². The average Bonchev–Trinajstić information content (AvgIpc) is 2.36. The Bertz CT molecular complexity index is 458. The summed E-state index contributed by atoms with van der Waals surface area (Å²) < 4.78 is 0. The Hall–Kier alpha value is -1.91. The van der Waals surface area contributed by atoms with Crippen molar-refractivity contribution >= 4 is 11.6 Å². The zero-order valence-electron chi connectivity index (χ0n) is 11.6. The number of hydrogen-bond donors (Lipinski definition) is 1. The van der Waals surface area contributed by atoms with Gasteiger partial charge in [-0.2, -0.15) is 0 Å². The normalized spacial score (nSPS) is 12.2. The van der Waals surface area contributed by atoms with E-state index in [1.54, 1.807) is 6.07 Å². The molecule has 0 heterocycles. The summed E-state index contributed by atoms with van der Waals surface area (Å²) >= 11 is 0. The molecule has 0 aliphatic rings. The smallest absolute Gasteiger partial charge is 0.270 e. The minimum atomic E-state index is -0.501. The van der Waals surface area contributed by atoms with Gasteiger partial charge in [-0.05, 0) is 31.7 Å². The van der Waals surface area contributed by atoms with Crippen LogP contribution >= 0.6 is 0 Å². The van der Waals surface area contributed by atoms with E-state index in [-0.39, 0.29) is 17.6 Å². The Balaban J connectivity index is 2.62. The molecule has 1 rings (SSSR count). The highest BCUT2D eigenvalue weighted by Gasteiger charge is 2.13. The Morgan fingerprint density at radius 2 is 2.00 bits per heavy atom. The summed E-state index contributed by atoms with van der Waals surface area (Å²) in [6.07, 6.45) is 1.94. The second-order valence-corrected chi connectivity index (χ2v) is 5.15. The lowest BCUT2D eigenvalue weighted by Gasteiger charge is -2.15. The Morgan fingerprint density at radius 1 is 1.32 bits per heavy atom. The van der Waals surface area contributed by atoms with Gasteiger partial charge in [0.2, 0.25) is 0 Å². The predicted molar refractivity (Wildman–Crippen MR) is 74.1 cm³/mol. The molecule has 0 fully saturated rings. The van der Waals surface area contributed by atoms with Gasteiger partial charge in [-0.15, -0.1) is 0 Å². The number of non-ortho nitro benzene ring substituents is 1. The first-order valence-electron chi connectivity index (χ1n) is 6.45.